The second-order valence-electron chi connectivity index (χ2n) is 7.24. The van der Waals surface area contributed by atoms with Crippen LogP contribution in [0.25, 0.3) is 11.2 Å². The Morgan fingerprint density at radius 3 is 2.93 bits per heavy atom. The van der Waals surface area contributed by atoms with Crippen LogP contribution in [-0.4, -0.2) is 45.2 Å². The number of pyridine rings is 1. The number of para-hydroxylation sites is 2. The molecule has 7 nitrogen and oxygen atoms in total. The maximum Gasteiger partial charge on any atom is 0.322 e. The minimum atomic E-state index is -0.103. The Hall–Kier alpha value is -3.09. The summed E-state index contributed by atoms with van der Waals surface area (Å²) in [5.41, 5.74) is 2.53. The Balaban J connectivity index is 1.52. The Morgan fingerprint density at radius 1 is 1.24 bits per heavy atom. The molecule has 0 saturated carbocycles. The summed E-state index contributed by atoms with van der Waals surface area (Å²) in [4.78, 5) is 24.1. The van der Waals surface area contributed by atoms with E-state index in [1.807, 2.05) is 48.2 Å². The highest BCUT2D eigenvalue weighted by Gasteiger charge is 2.30. The van der Waals surface area contributed by atoms with Gasteiger partial charge in [0.2, 0.25) is 0 Å². The third-order valence-corrected chi connectivity index (χ3v) is 5.24. The lowest BCUT2D eigenvalue weighted by Crippen LogP contribution is -2.33. The fourth-order valence-electron chi connectivity index (χ4n) is 3.94. The van der Waals surface area contributed by atoms with Crippen molar-refractivity contribution < 1.29 is 9.53 Å². The molecule has 152 valence electrons. The Bertz CT molecular complexity index is 1000. The van der Waals surface area contributed by atoms with Gasteiger partial charge in [0.05, 0.1) is 18.3 Å². The number of aromatic nitrogens is 3. The molecular formula is C22H27N5O2. The Kier molecular flexibility index (Phi) is 5.64. The summed E-state index contributed by atoms with van der Waals surface area (Å²) in [5.74, 6) is 1.74. The third kappa shape index (κ3) is 3.90. The van der Waals surface area contributed by atoms with Crippen molar-refractivity contribution in [2.75, 3.05) is 25.0 Å². The number of aryl methyl sites for hydroxylation is 1. The van der Waals surface area contributed by atoms with Gasteiger partial charge in [-0.3, -0.25) is 0 Å². The Morgan fingerprint density at radius 2 is 2.10 bits per heavy atom. The van der Waals surface area contributed by atoms with Crippen LogP contribution in [0.1, 0.15) is 38.6 Å². The molecule has 0 aliphatic carbocycles. The number of likely N-dealkylation sites (tertiary alicyclic amines) is 1. The average Bonchev–Trinajstić information content (AvgIpc) is 3.34. The zero-order valence-electron chi connectivity index (χ0n) is 17.0. The van der Waals surface area contributed by atoms with Crippen LogP contribution in [0.5, 0.6) is 5.75 Å². The topological polar surface area (TPSA) is 72.3 Å². The molecule has 29 heavy (non-hydrogen) atoms. The lowest BCUT2D eigenvalue weighted by atomic mass is 10.2. The van der Waals surface area contributed by atoms with Crippen molar-refractivity contribution in [3.8, 4) is 5.75 Å². The Labute approximate surface area is 170 Å². The number of anilines is 1. The smallest absolute Gasteiger partial charge is 0.322 e. The van der Waals surface area contributed by atoms with Crippen LogP contribution < -0.4 is 10.1 Å². The van der Waals surface area contributed by atoms with E-state index in [1.165, 1.54) is 0 Å². The fraction of sp³-hybridized carbons (Fsp3) is 0.409. The van der Waals surface area contributed by atoms with Crippen LogP contribution in [0.2, 0.25) is 0 Å². The molecule has 2 aromatic heterocycles. The monoisotopic (exact) mass is 393 g/mol. The number of carbonyl (C=O) groups is 1. The predicted octanol–water partition coefficient (Wildman–Crippen LogP) is 4.26. The zero-order chi connectivity index (χ0) is 20.2. The van der Waals surface area contributed by atoms with Crippen LogP contribution in [0.4, 0.5) is 10.5 Å². The van der Waals surface area contributed by atoms with E-state index >= 15 is 0 Å². The van der Waals surface area contributed by atoms with Crippen LogP contribution in [0.15, 0.2) is 42.6 Å². The largest absolute Gasteiger partial charge is 0.492 e. The van der Waals surface area contributed by atoms with Crippen molar-refractivity contribution in [3.05, 3.63) is 48.4 Å². The van der Waals surface area contributed by atoms with E-state index in [0.717, 1.165) is 36.3 Å². The van der Waals surface area contributed by atoms with Crippen molar-refractivity contribution >= 4 is 22.9 Å². The van der Waals surface area contributed by atoms with Gasteiger partial charge in [-0.25, -0.2) is 14.8 Å². The molecule has 7 heteroatoms. The highest BCUT2D eigenvalue weighted by molar-refractivity contribution is 5.91. The first-order valence-electron chi connectivity index (χ1n) is 10.3. The number of amides is 2. The van der Waals surface area contributed by atoms with Gasteiger partial charge in [0.25, 0.3) is 0 Å². The number of nitrogens with one attached hydrogen (secondary N) is 1. The molecule has 1 aliphatic rings. The first-order valence-corrected chi connectivity index (χ1v) is 10.3. The van der Waals surface area contributed by atoms with Gasteiger partial charge in [-0.2, -0.15) is 0 Å². The van der Waals surface area contributed by atoms with Crippen molar-refractivity contribution in [3.63, 3.8) is 0 Å². The highest BCUT2D eigenvalue weighted by Crippen LogP contribution is 2.29. The van der Waals surface area contributed by atoms with E-state index < -0.39 is 0 Å². The number of hydrogen-bond donors (Lipinski definition) is 1. The number of urea groups is 1. The van der Waals surface area contributed by atoms with Crippen LogP contribution >= 0.6 is 0 Å². The minimum absolute atomic E-state index is 0.103. The molecule has 0 spiro atoms. The first-order chi connectivity index (χ1) is 14.2. The van der Waals surface area contributed by atoms with Gasteiger partial charge in [0.15, 0.2) is 5.65 Å². The summed E-state index contributed by atoms with van der Waals surface area (Å²) in [5, 5.41) is 3.00. The summed E-state index contributed by atoms with van der Waals surface area (Å²) in [6.07, 6.45) is 4.62. The molecule has 2 amide bonds. The fourth-order valence-corrected chi connectivity index (χ4v) is 3.94. The molecule has 3 aromatic rings. The number of carbonyl (C=O) groups excluding carboxylic acids is 1. The summed E-state index contributed by atoms with van der Waals surface area (Å²) in [6.45, 7) is 5.98. The predicted molar refractivity (Wildman–Crippen MR) is 113 cm³/mol. The molecule has 1 N–H and O–H groups in total. The number of hydrogen-bond acceptors (Lipinski definition) is 4. The molecular weight excluding hydrogens is 366 g/mol. The minimum Gasteiger partial charge on any atom is -0.492 e. The van der Waals surface area contributed by atoms with E-state index in [0.29, 0.717) is 31.1 Å². The second kappa shape index (κ2) is 8.51. The number of benzene rings is 1. The van der Waals surface area contributed by atoms with Crippen LogP contribution in [0.3, 0.4) is 0 Å². The second-order valence-corrected chi connectivity index (χ2v) is 7.24. The number of ether oxygens (including phenoxy) is 1. The normalized spacial score (nSPS) is 16.3. The highest BCUT2D eigenvalue weighted by atomic mass is 16.5. The van der Waals surface area contributed by atoms with Crippen molar-refractivity contribution in [1.82, 2.24) is 19.4 Å². The van der Waals surface area contributed by atoms with E-state index in [4.69, 9.17) is 9.72 Å². The molecule has 0 radical (unpaired) electrons. The number of fused-ring (bicyclic) bond motifs is 1. The van der Waals surface area contributed by atoms with Crippen molar-refractivity contribution in [2.45, 2.75) is 39.2 Å². The molecule has 4 rings (SSSR count). The van der Waals surface area contributed by atoms with Gasteiger partial charge in [-0.1, -0.05) is 19.1 Å². The van der Waals surface area contributed by atoms with Crippen molar-refractivity contribution in [2.24, 2.45) is 0 Å². The maximum absolute atomic E-state index is 12.9. The van der Waals surface area contributed by atoms with E-state index in [1.54, 1.807) is 6.20 Å². The van der Waals surface area contributed by atoms with E-state index in [-0.39, 0.29) is 12.1 Å². The summed E-state index contributed by atoms with van der Waals surface area (Å²) in [7, 11) is 0. The molecule has 1 aromatic carbocycles. The van der Waals surface area contributed by atoms with Crippen LogP contribution in [0, 0.1) is 0 Å². The molecule has 1 aliphatic heterocycles. The third-order valence-electron chi connectivity index (χ3n) is 5.24. The molecule has 0 unspecified atom stereocenters. The number of imidazole rings is 1. The zero-order valence-corrected chi connectivity index (χ0v) is 17.0. The van der Waals surface area contributed by atoms with Gasteiger partial charge >= 0.3 is 6.03 Å². The SMILES string of the molecule is CCCc1nc2cccnc2n1[C@@H]1CCN(C(=O)Nc2ccccc2OCC)C1. The van der Waals surface area contributed by atoms with Crippen LogP contribution in [-0.2, 0) is 6.42 Å². The average molecular weight is 393 g/mol. The quantitative estimate of drug-likeness (QED) is 0.679. The maximum atomic E-state index is 12.9. The van der Waals surface area contributed by atoms with Crippen molar-refractivity contribution in [1.29, 1.82) is 0 Å². The molecule has 3 heterocycles. The summed E-state index contributed by atoms with van der Waals surface area (Å²) in [6, 6.07) is 11.5. The number of rotatable bonds is 6. The lowest BCUT2D eigenvalue weighted by molar-refractivity contribution is 0.220. The molecule has 1 atom stereocenters. The van der Waals surface area contributed by atoms with Gasteiger partial charge in [-0.05, 0) is 44.0 Å². The standard InChI is InChI=1S/C22H27N5O2/c1-3-8-20-24-18-10-7-13-23-21(18)27(20)16-12-14-26(15-16)22(28)25-17-9-5-6-11-19(17)29-4-2/h5-7,9-11,13,16H,3-4,8,12,14-15H2,1-2H3,(H,25,28)/t16-/m1/s1. The summed E-state index contributed by atoms with van der Waals surface area (Å²) < 4.78 is 7.85. The van der Waals surface area contributed by atoms with E-state index in [2.05, 4.69) is 21.8 Å². The molecule has 1 fully saturated rings. The van der Waals surface area contributed by atoms with Gasteiger partial charge in [0, 0.05) is 25.7 Å². The van der Waals surface area contributed by atoms with Gasteiger partial charge in [0.1, 0.15) is 17.1 Å². The first kappa shape index (κ1) is 19.2. The number of nitrogens with zero attached hydrogens (tertiary/aromatic N) is 4. The summed E-state index contributed by atoms with van der Waals surface area (Å²) >= 11 is 0. The van der Waals surface area contributed by atoms with Gasteiger partial charge in [-0.15, -0.1) is 0 Å². The van der Waals surface area contributed by atoms with E-state index in [9.17, 15) is 4.79 Å². The molecule has 1 saturated heterocycles. The molecule has 0 bridgehead atoms. The lowest BCUT2D eigenvalue weighted by Gasteiger charge is -2.20. The van der Waals surface area contributed by atoms with Gasteiger partial charge < -0.3 is 19.5 Å².